The number of nitrogens with one attached hydrogen (secondary N) is 1. The highest BCUT2D eigenvalue weighted by Gasteiger charge is 2.24. The molecule has 100 valence electrons. The van der Waals surface area contributed by atoms with E-state index in [0.29, 0.717) is 0 Å². The summed E-state index contributed by atoms with van der Waals surface area (Å²) in [7, 11) is 1.90. The topological polar surface area (TPSA) is 32.3 Å². The summed E-state index contributed by atoms with van der Waals surface area (Å²) in [6, 6.07) is 0.0446. The lowest BCUT2D eigenvalue weighted by atomic mass is 10.2. The van der Waals surface area contributed by atoms with Gasteiger partial charge in [-0.05, 0) is 19.3 Å². The third-order valence-corrected chi connectivity index (χ3v) is 3.73. The molecule has 0 saturated carbocycles. The van der Waals surface area contributed by atoms with Crippen LogP contribution < -0.4 is 5.32 Å². The van der Waals surface area contributed by atoms with E-state index >= 15 is 0 Å². The van der Waals surface area contributed by atoms with Gasteiger partial charge in [0.1, 0.15) is 0 Å². The summed E-state index contributed by atoms with van der Waals surface area (Å²) in [5.41, 5.74) is 0. The zero-order valence-electron chi connectivity index (χ0n) is 10.5. The first-order chi connectivity index (χ1) is 7.75. The minimum atomic E-state index is 0. The van der Waals surface area contributed by atoms with E-state index in [-0.39, 0.29) is 24.4 Å². The summed E-state index contributed by atoms with van der Waals surface area (Å²) in [4.78, 5) is 13.8. The third kappa shape index (κ3) is 6.34. The second kappa shape index (κ2) is 9.80. The van der Waals surface area contributed by atoms with Crippen LogP contribution in [0.4, 0.5) is 0 Å². The van der Waals surface area contributed by atoms with Gasteiger partial charge in [0.2, 0.25) is 5.91 Å². The van der Waals surface area contributed by atoms with Crippen LogP contribution >= 0.6 is 24.2 Å². The van der Waals surface area contributed by atoms with Crippen LogP contribution in [0.15, 0.2) is 12.7 Å². The number of carbonyl (C=O) groups excluding carboxylic acids is 1. The van der Waals surface area contributed by atoms with Crippen molar-refractivity contribution in [3.05, 3.63) is 12.7 Å². The van der Waals surface area contributed by atoms with Crippen molar-refractivity contribution in [3.63, 3.8) is 0 Å². The van der Waals surface area contributed by atoms with Gasteiger partial charge in [-0.2, -0.15) is 0 Å². The number of carbonyl (C=O) groups is 1. The molecular formula is C12H23ClN2OS. The lowest BCUT2D eigenvalue weighted by molar-refractivity contribution is -0.131. The van der Waals surface area contributed by atoms with E-state index in [9.17, 15) is 4.79 Å². The zero-order chi connectivity index (χ0) is 11.8. The van der Waals surface area contributed by atoms with Crippen molar-refractivity contribution >= 4 is 30.1 Å². The normalized spacial score (nSPS) is 18.5. The van der Waals surface area contributed by atoms with Crippen molar-refractivity contribution in [1.29, 1.82) is 0 Å². The van der Waals surface area contributed by atoms with Gasteiger partial charge in [0.05, 0.1) is 6.04 Å². The Morgan fingerprint density at radius 3 is 2.88 bits per heavy atom. The Morgan fingerprint density at radius 1 is 1.53 bits per heavy atom. The average molecular weight is 279 g/mol. The maximum Gasteiger partial charge on any atom is 0.240 e. The van der Waals surface area contributed by atoms with Crippen LogP contribution in [-0.2, 0) is 4.79 Å². The highest BCUT2D eigenvalue weighted by Crippen LogP contribution is 2.11. The molecule has 1 amide bonds. The first kappa shape index (κ1) is 16.8. The fourth-order valence-corrected chi connectivity index (χ4v) is 2.68. The number of nitrogens with zero attached hydrogens (tertiary/aromatic N) is 1. The smallest absolute Gasteiger partial charge is 0.240 e. The second-order valence-corrected chi connectivity index (χ2v) is 5.20. The van der Waals surface area contributed by atoms with Gasteiger partial charge in [0, 0.05) is 25.2 Å². The van der Waals surface area contributed by atoms with Gasteiger partial charge in [0.15, 0.2) is 0 Å². The number of unbranched alkanes of at least 4 members (excludes halogenated alkanes) is 3. The van der Waals surface area contributed by atoms with E-state index in [1.807, 2.05) is 18.0 Å². The van der Waals surface area contributed by atoms with Gasteiger partial charge in [-0.1, -0.05) is 12.5 Å². The number of halogens is 1. The van der Waals surface area contributed by atoms with Gasteiger partial charge < -0.3 is 4.90 Å². The van der Waals surface area contributed by atoms with E-state index in [0.717, 1.165) is 31.0 Å². The zero-order valence-corrected chi connectivity index (χ0v) is 12.1. The first-order valence-electron chi connectivity index (χ1n) is 5.92. The van der Waals surface area contributed by atoms with Crippen molar-refractivity contribution in [2.24, 2.45) is 0 Å². The molecule has 1 N–H and O–H groups in total. The Bertz CT molecular complexity index is 233. The summed E-state index contributed by atoms with van der Waals surface area (Å²) < 4.78 is 0. The first-order valence-corrected chi connectivity index (χ1v) is 7.08. The van der Waals surface area contributed by atoms with E-state index < -0.39 is 0 Å². The van der Waals surface area contributed by atoms with Crippen molar-refractivity contribution in [2.75, 3.05) is 25.2 Å². The number of thioether (sulfide) groups is 1. The van der Waals surface area contributed by atoms with Crippen LogP contribution in [0.25, 0.3) is 0 Å². The largest absolute Gasteiger partial charge is 0.344 e. The molecule has 1 rings (SSSR count). The van der Waals surface area contributed by atoms with Gasteiger partial charge in [0.25, 0.3) is 0 Å². The van der Waals surface area contributed by atoms with Gasteiger partial charge >= 0.3 is 0 Å². The molecule has 17 heavy (non-hydrogen) atoms. The van der Waals surface area contributed by atoms with Gasteiger partial charge in [-0.25, -0.2) is 0 Å². The summed E-state index contributed by atoms with van der Waals surface area (Å²) in [5, 5.41) is 3.21. The molecule has 1 aliphatic heterocycles. The molecule has 0 aromatic carbocycles. The lowest BCUT2D eigenvalue weighted by Gasteiger charge is -2.20. The Kier molecular flexibility index (Phi) is 9.69. The summed E-state index contributed by atoms with van der Waals surface area (Å²) in [5.74, 6) is 2.07. The molecule has 0 aliphatic carbocycles. The maximum atomic E-state index is 11.9. The van der Waals surface area contributed by atoms with E-state index in [2.05, 4.69) is 11.9 Å². The highest BCUT2D eigenvalue weighted by atomic mass is 35.5. The molecule has 0 spiro atoms. The maximum absolute atomic E-state index is 11.9. The number of hydrogen-bond donors (Lipinski definition) is 1. The molecular weight excluding hydrogens is 256 g/mol. The summed E-state index contributed by atoms with van der Waals surface area (Å²) in [6.07, 6.45) is 6.49. The molecule has 1 aliphatic rings. The lowest BCUT2D eigenvalue weighted by Crippen LogP contribution is -2.43. The van der Waals surface area contributed by atoms with Crippen molar-refractivity contribution < 1.29 is 4.79 Å². The molecule has 1 unspecified atom stereocenters. The third-order valence-electron chi connectivity index (χ3n) is 2.79. The second-order valence-electron chi connectivity index (χ2n) is 4.17. The van der Waals surface area contributed by atoms with Crippen molar-refractivity contribution in [2.45, 2.75) is 31.7 Å². The molecule has 0 radical (unpaired) electrons. The standard InChI is InChI=1S/C12H22N2OS.ClH/c1-3-4-5-6-7-8-14(2)12(15)11-9-16-10-13-11;/h3,11,13H,1,4-10H2,2H3;1H. The quantitative estimate of drug-likeness (QED) is 0.573. The molecule has 1 fully saturated rings. The fraction of sp³-hybridized carbons (Fsp3) is 0.750. The minimum Gasteiger partial charge on any atom is -0.344 e. The minimum absolute atomic E-state index is 0. The molecule has 0 aromatic rings. The molecule has 1 atom stereocenters. The summed E-state index contributed by atoms with van der Waals surface area (Å²) >= 11 is 1.79. The molecule has 5 heteroatoms. The van der Waals surface area contributed by atoms with Crippen molar-refractivity contribution in [1.82, 2.24) is 10.2 Å². The molecule has 3 nitrogen and oxygen atoms in total. The number of allylic oxidation sites excluding steroid dienone is 1. The molecule has 0 aromatic heterocycles. The Morgan fingerprint density at radius 2 is 2.29 bits per heavy atom. The van der Waals surface area contributed by atoms with Crippen LogP contribution in [0.2, 0.25) is 0 Å². The molecule has 0 bridgehead atoms. The number of likely N-dealkylation sites (N-methyl/N-ethyl adjacent to an activating group) is 1. The summed E-state index contributed by atoms with van der Waals surface area (Å²) in [6.45, 7) is 4.57. The molecule has 1 heterocycles. The van der Waals surface area contributed by atoms with E-state index in [1.54, 1.807) is 11.8 Å². The Hall–Kier alpha value is -0.190. The van der Waals surface area contributed by atoms with E-state index in [4.69, 9.17) is 0 Å². The number of amides is 1. The predicted octanol–water partition coefficient (Wildman–Crippen LogP) is 2.28. The predicted molar refractivity (Wildman–Crippen MR) is 77.8 cm³/mol. The monoisotopic (exact) mass is 278 g/mol. The average Bonchev–Trinajstić information content (AvgIpc) is 2.81. The SMILES string of the molecule is C=CCCCCCN(C)C(=O)C1CSCN1.Cl. The van der Waals surface area contributed by atoms with Crippen LogP contribution in [0.1, 0.15) is 25.7 Å². The number of hydrogen-bond acceptors (Lipinski definition) is 3. The van der Waals surface area contributed by atoms with Crippen LogP contribution in [0.3, 0.4) is 0 Å². The van der Waals surface area contributed by atoms with Crippen molar-refractivity contribution in [3.8, 4) is 0 Å². The highest BCUT2D eigenvalue weighted by molar-refractivity contribution is 7.99. The number of rotatable bonds is 7. The van der Waals surface area contributed by atoms with Crippen LogP contribution in [0.5, 0.6) is 0 Å². The van der Waals surface area contributed by atoms with Crippen LogP contribution in [-0.4, -0.2) is 42.1 Å². The fourth-order valence-electron chi connectivity index (χ4n) is 1.74. The van der Waals surface area contributed by atoms with Gasteiger partial charge in [-0.15, -0.1) is 30.7 Å². The molecule has 1 saturated heterocycles. The van der Waals surface area contributed by atoms with E-state index in [1.165, 1.54) is 12.8 Å². The van der Waals surface area contributed by atoms with Crippen LogP contribution in [0, 0.1) is 0 Å². The Balaban J connectivity index is 0.00000256. The van der Waals surface area contributed by atoms with Gasteiger partial charge in [-0.3, -0.25) is 10.1 Å². The Labute approximate surface area is 115 Å².